The van der Waals surface area contributed by atoms with Crippen LogP contribution in [0.3, 0.4) is 0 Å². The lowest BCUT2D eigenvalue weighted by molar-refractivity contribution is -0.160. The van der Waals surface area contributed by atoms with Gasteiger partial charge in [0, 0.05) is 31.3 Å². The van der Waals surface area contributed by atoms with Gasteiger partial charge < -0.3 is 19.6 Å². The number of fused-ring (bicyclic) bond motifs is 1. The van der Waals surface area contributed by atoms with Gasteiger partial charge in [0.25, 0.3) is 5.91 Å². The summed E-state index contributed by atoms with van der Waals surface area (Å²) in [4.78, 5) is 38.8. The van der Waals surface area contributed by atoms with E-state index in [1.165, 1.54) is 4.90 Å². The van der Waals surface area contributed by atoms with Crippen LogP contribution in [0.5, 0.6) is 0 Å². The molecule has 2 aliphatic heterocycles. The van der Waals surface area contributed by atoms with Crippen molar-refractivity contribution in [2.24, 2.45) is 0 Å². The molecule has 0 aliphatic carbocycles. The van der Waals surface area contributed by atoms with Crippen molar-refractivity contribution >= 4 is 23.5 Å². The van der Waals surface area contributed by atoms with Crippen LogP contribution in [0.4, 0.5) is 5.69 Å². The van der Waals surface area contributed by atoms with Crippen LogP contribution in [-0.4, -0.2) is 60.1 Å². The van der Waals surface area contributed by atoms with Gasteiger partial charge in [0.15, 0.2) is 6.10 Å². The molecule has 1 N–H and O–H groups in total. The van der Waals surface area contributed by atoms with Crippen molar-refractivity contribution in [1.82, 2.24) is 4.90 Å². The zero-order valence-electron chi connectivity index (χ0n) is 13.7. The second-order valence-corrected chi connectivity index (χ2v) is 6.28. The molecule has 2 amide bonds. The molecule has 2 aliphatic rings. The Morgan fingerprint density at radius 2 is 2.00 bits per heavy atom. The summed E-state index contributed by atoms with van der Waals surface area (Å²) in [6, 6.07) is 5.26. The SMILES string of the molecule is C[C@@H]1CN(C(=O)c2ccc3c(c2)CCC(=O)N3C)CC(C(=O)O)O1. The van der Waals surface area contributed by atoms with Crippen molar-refractivity contribution in [2.45, 2.75) is 32.0 Å². The number of aryl methyl sites for hydroxylation is 1. The first kappa shape index (κ1) is 16.4. The van der Waals surface area contributed by atoms with Crippen molar-refractivity contribution < 1.29 is 24.2 Å². The van der Waals surface area contributed by atoms with Gasteiger partial charge in [-0.3, -0.25) is 9.59 Å². The molecule has 0 aromatic heterocycles. The Morgan fingerprint density at radius 1 is 1.25 bits per heavy atom. The van der Waals surface area contributed by atoms with Gasteiger partial charge in [0.05, 0.1) is 12.6 Å². The molecule has 1 fully saturated rings. The standard InChI is InChI=1S/C17H20N2O5/c1-10-8-19(9-14(24-10)17(22)23)16(21)12-3-5-13-11(7-12)4-6-15(20)18(13)2/h3,5,7,10,14H,4,6,8-9H2,1-2H3,(H,22,23)/t10-,14?/m1/s1. The number of amides is 2. The number of ether oxygens (including phenoxy) is 1. The number of hydrogen-bond donors (Lipinski definition) is 1. The van der Waals surface area contributed by atoms with Gasteiger partial charge in [0.2, 0.25) is 5.91 Å². The summed E-state index contributed by atoms with van der Waals surface area (Å²) in [5.74, 6) is -1.21. The molecule has 7 heteroatoms. The van der Waals surface area contributed by atoms with Crippen molar-refractivity contribution in [1.29, 1.82) is 0 Å². The second-order valence-electron chi connectivity index (χ2n) is 6.28. The average molecular weight is 332 g/mol. The van der Waals surface area contributed by atoms with E-state index in [2.05, 4.69) is 0 Å². The molecule has 7 nitrogen and oxygen atoms in total. The van der Waals surface area contributed by atoms with E-state index in [9.17, 15) is 14.4 Å². The van der Waals surface area contributed by atoms with E-state index in [0.717, 1.165) is 11.3 Å². The Labute approximate surface area is 139 Å². The van der Waals surface area contributed by atoms with Crippen LogP contribution in [0, 0.1) is 0 Å². The quantitative estimate of drug-likeness (QED) is 0.870. The lowest BCUT2D eigenvalue weighted by Gasteiger charge is -2.35. The van der Waals surface area contributed by atoms with Crippen molar-refractivity contribution in [2.75, 3.05) is 25.0 Å². The highest BCUT2D eigenvalue weighted by Gasteiger charge is 2.33. The third-order valence-corrected chi connectivity index (χ3v) is 4.49. The number of benzene rings is 1. The highest BCUT2D eigenvalue weighted by Crippen LogP contribution is 2.28. The third-order valence-electron chi connectivity index (χ3n) is 4.49. The zero-order valence-corrected chi connectivity index (χ0v) is 13.7. The summed E-state index contributed by atoms with van der Waals surface area (Å²) < 4.78 is 5.34. The minimum absolute atomic E-state index is 0.0357. The van der Waals surface area contributed by atoms with Crippen LogP contribution in [0.25, 0.3) is 0 Å². The summed E-state index contributed by atoms with van der Waals surface area (Å²) in [5, 5.41) is 9.14. The molecule has 0 bridgehead atoms. The summed E-state index contributed by atoms with van der Waals surface area (Å²) in [6.07, 6.45) is -0.294. The molecule has 1 aromatic carbocycles. The van der Waals surface area contributed by atoms with E-state index in [4.69, 9.17) is 9.84 Å². The van der Waals surface area contributed by atoms with Crippen LogP contribution in [0.2, 0.25) is 0 Å². The molecule has 1 aromatic rings. The molecular weight excluding hydrogens is 312 g/mol. The summed E-state index contributed by atoms with van der Waals surface area (Å²) in [7, 11) is 1.73. The van der Waals surface area contributed by atoms with E-state index in [-0.39, 0.29) is 24.5 Å². The minimum atomic E-state index is -1.06. The van der Waals surface area contributed by atoms with Crippen molar-refractivity contribution in [3.63, 3.8) is 0 Å². The van der Waals surface area contributed by atoms with Gasteiger partial charge in [-0.25, -0.2) is 4.79 Å². The lowest BCUT2D eigenvalue weighted by Crippen LogP contribution is -2.51. The van der Waals surface area contributed by atoms with Crippen LogP contribution >= 0.6 is 0 Å². The fraction of sp³-hybridized carbons (Fsp3) is 0.471. The average Bonchev–Trinajstić information content (AvgIpc) is 2.56. The maximum Gasteiger partial charge on any atom is 0.334 e. The molecule has 0 spiro atoms. The van der Waals surface area contributed by atoms with Gasteiger partial charge in [-0.05, 0) is 37.1 Å². The fourth-order valence-corrected chi connectivity index (χ4v) is 3.23. The number of morpholine rings is 1. The number of anilines is 1. The molecule has 128 valence electrons. The molecule has 2 heterocycles. The monoisotopic (exact) mass is 332 g/mol. The Morgan fingerprint density at radius 3 is 2.71 bits per heavy atom. The normalized spacial score (nSPS) is 23.8. The molecule has 0 saturated carbocycles. The summed E-state index contributed by atoms with van der Waals surface area (Å²) in [6.45, 7) is 2.15. The molecule has 1 saturated heterocycles. The number of hydrogen-bond acceptors (Lipinski definition) is 4. The van der Waals surface area contributed by atoms with E-state index in [1.807, 2.05) is 0 Å². The van der Waals surface area contributed by atoms with Crippen LogP contribution in [0.1, 0.15) is 29.3 Å². The number of aliphatic carboxylic acids is 1. The highest BCUT2D eigenvalue weighted by atomic mass is 16.5. The van der Waals surface area contributed by atoms with Crippen molar-refractivity contribution in [3.8, 4) is 0 Å². The van der Waals surface area contributed by atoms with E-state index >= 15 is 0 Å². The smallest absolute Gasteiger partial charge is 0.334 e. The van der Waals surface area contributed by atoms with Gasteiger partial charge in [0.1, 0.15) is 0 Å². The maximum absolute atomic E-state index is 12.7. The van der Waals surface area contributed by atoms with Gasteiger partial charge >= 0.3 is 5.97 Å². The van der Waals surface area contributed by atoms with Gasteiger partial charge in [-0.15, -0.1) is 0 Å². The first-order chi connectivity index (χ1) is 11.4. The Hall–Kier alpha value is -2.41. The maximum atomic E-state index is 12.7. The predicted octanol–water partition coefficient (Wildman–Crippen LogP) is 0.910. The molecule has 0 radical (unpaired) electrons. The van der Waals surface area contributed by atoms with E-state index < -0.39 is 12.1 Å². The Balaban J connectivity index is 1.83. The predicted molar refractivity (Wildman–Crippen MR) is 86.0 cm³/mol. The Kier molecular flexibility index (Phi) is 4.28. The minimum Gasteiger partial charge on any atom is -0.479 e. The molecular formula is C17H20N2O5. The number of rotatable bonds is 2. The number of nitrogens with zero attached hydrogens (tertiary/aromatic N) is 2. The topological polar surface area (TPSA) is 87.2 Å². The fourth-order valence-electron chi connectivity index (χ4n) is 3.23. The van der Waals surface area contributed by atoms with E-state index in [0.29, 0.717) is 24.9 Å². The summed E-state index contributed by atoms with van der Waals surface area (Å²) in [5.41, 5.74) is 2.29. The third kappa shape index (κ3) is 2.99. The second kappa shape index (κ2) is 6.24. The largest absolute Gasteiger partial charge is 0.479 e. The molecule has 1 unspecified atom stereocenters. The van der Waals surface area contributed by atoms with Crippen LogP contribution < -0.4 is 4.90 Å². The highest BCUT2D eigenvalue weighted by molar-refractivity contribution is 5.99. The first-order valence-electron chi connectivity index (χ1n) is 7.94. The molecule has 3 rings (SSSR count). The van der Waals surface area contributed by atoms with E-state index in [1.54, 1.807) is 37.1 Å². The number of carboxylic acids is 1. The summed E-state index contributed by atoms with van der Waals surface area (Å²) >= 11 is 0. The van der Waals surface area contributed by atoms with Crippen molar-refractivity contribution in [3.05, 3.63) is 29.3 Å². The van der Waals surface area contributed by atoms with Gasteiger partial charge in [-0.1, -0.05) is 0 Å². The number of carboxylic acid groups (broad SMARTS) is 1. The van der Waals surface area contributed by atoms with Gasteiger partial charge in [-0.2, -0.15) is 0 Å². The molecule has 2 atom stereocenters. The lowest BCUT2D eigenvalue weighted by atomic mass is 9.98. The number of carbonyl (C=O) groups excluding carboxylic acids is 2. The first-order valence-corrected chi connectivity index (χ1v) is 7.94. The Bertz CT molecular complexity index is 702. The van der Waals surface area contributed by atoms with Crippen LogP contribution in [-0.2, 0) is 20.7 Å². The number of carbonyl (C=O) groups is 3. The van der Waals surface area contributed by atoms with Crippen LogP contribution in [0.15, 0.2) is 18.2 Å². The molecule has 24 heavy (non-hydrogen) atoms. The zero-order chi connectivity index (χ0) is 17.4.